The molecule has 2 aromatic heterocycles. The average Bonchev–Trinajstić information content (AvgIpc) is 3.18. The maximum absolute atomic E-state index is 14.6. The number of alkyl halides is 3. The van der Waals surface area contributed by atoms with Gasteiger partial charge in [-0.3, -0.25) is 9.48 Å². The Hall–Kier alpha value is -3.01. The first-order valence-corrected chi connectivity index (χ1v) is 9.89. The number of halogens is 4. The molecule has 0 spiro atoms. The quantitative estimate of drug-likeness (QED) is 0.588. The minimum absolute atomic E-state index is 0.0951. The molecule has 0 unspecified atom stereocenters. The van der Waals surface area contributed by atoms with Crippen molar-refractivity contribution in [2.45, 2.75) is 37.9 Å². The Bertz CT molecular complexity index is 1100. The molecule has 1 aromatic carbocycles. The van der Waals surface area contributed by atoms with Crippen LogP contribution in [-0.2, 0) is 6.18 Å². The predicted octanol–water partition coefficient (Wildman–Crippen LogP) is 4.57. The van der Waals surface area contributed by atoms with Gasteiger partial charge in [-0.2, -0.15) is 18.3 Å². The van der Waals surface area contributed by atoms with Crippen LogP contribution in [0.2, 0.25) is 0 Å². The molecule has 0 atom stereocenters. The van der Waals surface area contributed by atoms with Gasteiger partial charge in [-0.25, -0.2) is 9.37 Å². The Morgan fingerprint density at radius 1 is 1.19 bits per heavy atom. The summed E-state index contributed by atoms with van der Waals surface area (Å²) in [4.78, 5) is 15.7. The van der Waals surface area contributed by atoms with Gasteiger partial charge in [0.2, 0.25) is 0 Å². The average molecular weight is 436 g/mol. The zero-order valence-corrected chi connectivity index (χ0v) is 16.4. The van der Waals surface area contributed by atoms with Gasteiger partial charge in [-0.15, -0.1) is 0 Å². The molecule has 1 aliphatic rings. The van der Waals surface area contributed by atoms with Crippen molar-refractivity contribution in [1.29, 1.82) is 0 Å². The van der Waals surface area contributed by atoms with Crippen LogP contribution in [0.3, 0.4) is 0 Å². The Labute approximate surface area is 174 Å². The highest BCUT2D eigenvalue weighted by Gasteiger charge is 2.33. The van der Waals surface area contributed by atoms with Crippen LogP contribution in [0.25, 0.3) is 10.9 Å². The van der Waals surface area contributed by atoms with Gasteiger partial charge in [0.15, 0.2) is 5.82 Å². The number of fused-ring (bicyclic) bond motifs is 1. The van der Waals surface area contributed by atoms with Crippen LogP contribution in [0, 0.1) is 11.7 Å². The van der Waals surface area contributed by atoms with Crippen LogP contribution in [0.5, 0.6) is 0 Å². The number of aliphatic hydroxyl groups is 1. The molecule has 0 radical (unpaired) electrons. The maximum Gasteiger partial charge on any atom is 0.433 e. The van der Waals surface area contributed by atoms with Crippen LogP contribution in [-0.4, -0.2) is 32.4 Å². The number of pyridine rings is 1. The number of hydrogen-bond acceptors (Lipinski definition) is 4. The molecule has 4 rings (SSSR count). The van der Waals surface area contributed by atoms with Gasteiger partial charge in [0, 0.05) is 23.9 Å². The molecule has 1 saturated carbocycles. The van der Waals surface area contributed by atoms with Gasteiger partial charge in [-0.1, -0.05) is 6.07 Å². The summed E-state index contributed by atoms with van der Waals surface area (Å²) in [5.74, 6) is -1.24. The fourth-order valence-corrected chi connectivity index (χ4v) is 3.88. The number of nitrogens with zero attached hydrogens (tertiary/aromatic N) is 3. The number of nitrogens with one attached hydrogen (secondary N) is 1. The molecule has 31 heavy (non-hydrogen) atoms. The van der Waals surface area contributed by atoms with Gasteiger partial charge in [0.05, 0.1) is 6.04 Å². The topological polar surface area (TPSA) is 80.0 Å². The summed E-state index contributed by atoms with van der Waals surface area (Å²) in [6, 6.07) is 5.71. The fraction of sp³-hybridized carbons (Fsp3) is 0.381. The van der Waals surface area contributed by atoms with Gasteiger partial charge in [0.1, 0.15) is 16.9 Å². The molecule has 2 heterocycles. The second-order valence-corrected chi connectivity index (χ2v) is 7.72. The van der Waals surface area contributed by atoms with Gasteiger partial charge in [0.25, 0.3) is 5.91 Å². The lowest BCUT2D eigenvalue weighted by molar-refractivity contribution is -0.141. The molecule has 1 fully saturated rings. The van der Waals surface area contributed by atoms with E-state index in [-0.39, 0.29) is 29.8 Å². The molecule has 6 nitrogen and oxygen atoms in total. The molecule has 3 aromatic rings. The van der Waals surface area contributed by atoms with E-state index < -0.39 is 29.3 Å². The highest BCUT2D eigenvalue weighted by molar-refractivity contribution is 6.03. The minimum Gasteiger partial charge on any atom is -0.396 e. The molecular formula is C21H20F4N4O2. The predicted molar refractivity (Wildman–Crippen MR) is 105 cm³/mol. The van der Waals surface area contributed by atoms with E-state index in [1.807, 2.05) is 0 Å². The molecule has 2 N–H and O–H groups in total. The largest absolute Gasteiger partial charge is 0.433 e. The summed E-state index contributed by atoms with van der Waals surface area (Å²) >= 11 is 0. The van der Waals surface area contributed by atoms with Crippen LogP contribution in [0.1, 0.15) is 47.9 Å². The third kappa shape index (κ3) is 4.53. The number of hydrogen-bond donors (Lipinski definition) is 2. The van der Waals surface area contributed by atoms with Crippen LogP contribution in [0.4, 0.5) is 23.2 Å². The smallest absolute Gasteiger partial charge is 0.396 e. The van der Waals surface area contributed by atoms with Crippen molar-refractivity contribution in [3.8, 4) is 0 Å². The summed E-state index contributed by atoms with van der Waals surface area (Å²) in [5.41, 5.74) is -1.36. The van der Waals surface area contributed by atoms with E-state index in [1.54, 1.807) is 10.9 Å². The number of amides is 1. The van der Waals surface area contributed by atoms with Crippen molar-refractivity contribution in [2.24, 2.45) is 5.92 Å². The molecule has 1 aliphatic carbocycles. The van der Waals surface area contributed by atoms with Crippen molar-refractivity contribution in [3.63, 3.8) is 0 Å². The Kier molecular flexibility index (Phi) is 5.65. The van der Waals surface area contributed by atoms with E-state index in [2.05, 4.69) is 15.4 Å². The lowest BCUT2D eigenvalue weighted by Gasteiger charge is -2.27. The standard InChI is InChI=1S/C21H20F4N4O2/c22-16-9-14(26-20(31)17-2-1-3-18(27-17)21(23,24)25)8-13-10-29(28-19(13)16)15-6-4-12(11-30)5-7-15/h1-3,8-10,12,15,30H,4-7,11H2,(H,26,31)/t12-,15-. The molecule has 164 valence electrons. The molecule has 0 saturated heterocycles. The second kappa shape index (κ2) is 8.26. The SMILES string of the molecule is O=C(Nc1cc(F)c2nn([C@H]3CC[C@H](CO)CC3)cc2c1)c1cccc(C(F)(F)F)n1. The second-order valence-electron chi connectivity index (χ2n) is 7.72. The fourth-order valence-electron chi connectivity index (χ4n) is 3.88. The van der Waals surface area contributed by atoms with Gasteiger partial charge >= 0.3 is 6.18 Å². The lowest BCUT2D eigenvalue weighted by Crippen LogP contribution is -2.20. The first-order chi connectivity index (χ1) is 14.7. The number of carbonyl (C=O) groups excluding carboxylic acids is 1. The third-order valence-corrected chi connectivity index (χ3v) is 5.56. The molecule has 1 amide bonds. The third-order valence-electron chi connectivity index (χ3n) is 5.56. The minimum atomic E-state index is -4.67. The number of rotatable bonds is 4. The summed E-state index contributed by atoms with van der Waals surface area (Å²) in [5, 5.41) is 16.5. The van der Waals surface area contributed by atoms with Crippen molar-refractivity contribution < 1.29 is 27.5 Å². The van der Waals surface area contributed by atoms with E-state index in [0.29, 0.717) is 5.39 Å². The lowest BCUT2D eigenvalue weighted by atomic mass is 9.87. The Morgan fingerprint density at radius 2 is 1.94 bits per heavy atom. The number of aliphatic hydroxyl groups excluding tert-OH is 1. The summed E-state index contributed by atoms with van der Waals surface area (Å²) in [7, 11) is 0. The van der Waals surface area contributed by atoms with Crippen LogP contribution in [0.15, 0.2) is 36.5 Å². The normalized spacial score (nSPS) is 19.5. The molecule has 0 aliphatic heterocycles. The Morgan fingerprint density at radius 3 is 2.61 bits per heavy atom. The van der Waals surface area contributed by atoms with Crippen molar-refractivity contribution >= 4 is 22.5 Å². The first-order valence-electron chi connectivity index (χ1n) is 9.89. The van der Waals surface area contributed by atoms with E-state index in [1.165, 1.54) is 6.07 Å². The zero-order chi connectivity index (χ0) is 22.2. The highest BCUT2D eigenvalue weighted by atomic mass is 19.4. The summed E-state index contributed by atoms with van der Waals surface area (Å²) in [6.45, 7) is 0.159. The van der Waals surface area contributed by atoms with E-state index in [4.69, 9.17) is 0 Å². The van der Waals surface area contributed by atoms with Crippen LogP contribution < -0.4 is 5.32 Å². The Balaban J connectivity index is 1.55. The van der Waals surface area contributed by atoms with Crippen molar-refractivity contribution in [2.75, 3.05) is 11.9 Å². The molecule has 0 bridgehead atoms. The van der Waals surface area contributed by atoms with E-state index in [9.17, 15) is 27.5 Å². The summed E-state index contributed by atoms with van der Waals surface area (Å²) in [6.07, 6.45) is 0.403. The first kappa shape index (κ1) is 21.2. The molecule has 10 heteroatoms. The van der Waals surface area contributed by atoms with Crippen molar-refractivity contribution in [3.05, 3.63) is 53.7 Å². The monoisotopic (exact) mass is 436 g/mol. The van der Waals surface area contributed by atoms with Gasteiger partial charge in [-0.05, 0) is 55.9 Å². The number of aromatic nitrogens is 3. The summed E-state index contributed by atoms with van der Waals surface area (Å²) < 4.78 is 54.8. The maximum atomic E-state index is 14.6. The number of anilines is 1. The van der Waals surface area contributed by atoms with E-state index >= 15 is 0 Å². The van der Waals surface area contributed by atoms with Gasteiger partial charge < -0.3 is 10.4 Å². The molecular weight excluding hydrogens is 416 g/mol. The number of benzene rings is 1. The highest BCUT2D eigenvalue weighted by Crippen LogP contribution is 2.33. The van der Waals surface area contributed by atoms with E-state index in [0.717, 1.165) is 49.9 Å². The van der Waals surface area contributed by atoms with Crippen molar-refractivity contribution in [1.82, 2.24) is 14.8 Å². The zero-order valence-electron chi connectivity index (χ0n) is 16.4. The van der Waals surface area contributed by atoms with Crippen LogP contribution >= 0.6 is 0 Å². The number of carbonyl (C=O) groups is 1.